The van der Waals surface area contributed by atoms with Crippen LogP contribution in [0.25, 0.3) is 0 Å². The number of likely N-dealkylation sites (tertiary alicyclic amines) is 1. The van der Waals surface area contributed by atoms with Crippen molar-refractivity contribution in [3.05, 3.63) is 65.2 Å². The molecule has 2 aromatic carbocycles. The summed E-state index contributed by atoms with van der Waals surface area (Å²) >= 11 is 0. The van der Waals surface area contributed by atoms with E-state index in [4.69, 9.17) is 5.14 Å². The number of nitrogens with one attached hydrogen (secondary N) is 1. The molecule has 1 heterocycles. The van der Waals surface area contributed by atoms with Gasteiger partial charge in [0.2, 0.25) is 15.9 Å². The van der Waals surface area contributed by atoms with Gasteiger partial charge in [0.25, 0.3) is 0 Å². The fraction of sp³-hybridized carbons (Fsp3) is 0.381. The number of hydrogen-bond acceptors (Lipinski definition) is 4. The molecule has 28 heavy (non-hydrogen) atoms. The Morgan fingerprint density at radius 3 is 2.39 bits per heavy atom. The van der Waals surface area contributed by atoms with Crippen molar-refractivity contribution in [2.45, 2.75) is 43.7 Å². The number of nitrogens with zero attached hydrogens (tertiary/aromatic N) is 1. The number of sulfonamides is 1. The molecular formula is C21H27N3O3S. The third-order valence-electron chi connectivity index (χ3n) is 5.06. The summed E-state index contributed by atoms with van der Waals surface area (Å²) in [5.41, 5.74) is 3.36. The Labute approximate surface area is 166 Å². The lowest BCUT2D eigenvalue weighted by molar-refractivity contribution is -0.121. The second kappa shape index (κ2) is 8.86. The molecule has 1 saturated heterocycles. The van der Waals surface area contributed by atoms with Crippen molar-refractivity contribution in [1.29, 1.82) is 0 Å². The molecule has 6 nitrogen and oxygen atoms in total. The third-order valence-corrected chi connectivity index (χ3v) is 5.99. The van der Waals surface area contributed by atoms with Crippen LogP contribution in [0.5, 0.6) is 0 Å². The topological polar surface area (TPSA) is 92.5 Å². The van der Waals surface area contributed by atoms with Crippen molar-refractivity contribution in [2.24, 2.45) is 5.14 Å². The lowest BCUT2D eigenvalue weighted by atomic mass is 10.0. The molecule has 2 aromatic rings. The molecule has 150 valence electrons. The van der Waals surface area contributed by atoms with E-state index < -0.39 is 10.0 Å². The standard InChI is InChI=1S/C21H27N3O3S/c1-16-3-2-4-18(13-16)15-24-11-9-19(10-12-24)23-21(25)14-17-5-7-20(8-6-17)28(22,26)27/h2-8,13,19H,9-12,14-15H2,1H3,(H,23,25)(H2,22,26,27). The highest BCUT2D eigenvalue weighted by Gasteiger charge is 2.21. The molecule has 3 rings (SSSR count). The average Bonchev–Trinajstić information content (AvgIpc) is 2.63. The zero-order chi connectivity index (χ0) is 20.1. The van der Waals surface area contributed by atoms with E-state index in [0.29, 0.717) is 0 Å². The molecule has 0 aromatic heterocycles. The quantitative estimate of drug-likeness (QED) is 0.774. The first-order valence-corrected chi connectivity index (χ1v) is 11.0. The number of hydrogen-bond donors (Lipinski definition) is 2. The maximum absolute atomic E-state index is 12.3. The van der Waals surface area contributed by atoms with E-state index in [-0.39, 0.29) is 23.3 Å². The summed E-state index contributed by atoms with van der Waals surface area (Å²) in [5.74, 6) is -0.0412. The van der Waals surface area contributed by atoms with Gasteiger partial charge in [0.1, 0.15) is 0 Å². The maximum atomic E-state index is 12.3. The third kappa shape index (κ3) is 5.89. The predicted octanol–water partition coefficient (Wildman–Crippen LogP) is 1.97. The predicted molar refractivity (Wildman–Crippen MR) is 109 cm³/mol. The molecule has 0 bridgehead atoms. The van der Waals surface area contributed by atoms with Crippen LogP contribution < -0.4 is 10.5 Å². The van der Waals surface area contributed by atoms with Crippen LogP contribution in [0, 0.1) is 6.92 Å². The summed E-state index contributed by atoms with van der Waals surface area (Å²) in [6, 6.07) is 14.9. The Hall–Kier alpha value is -2.22. The molecule has 0 saturated carbocycles. The Kier molecular flexibility index (Phi) is 6.49. The van der Waals surface area contributed by atoms with Crippen LogP contribution in [0.4, 0.5) is 0 Å². The molecule has 1 fully saturated rings. The van der Waals surface area contributed by atoms with Gasteiger partial charge in [0.15, 0.2) is 0 Å². The highest BCUT2D eigenvalue weighted by atomic mass is 32.2. The molecule has 0 spiro atoms. The molecule has 1 amide bonds. The minimum absolute atomic E-state index is 0.0412. The van der Waals surface area contributed by atoms with Crippen molar-refractivity contribution < 1.29 is 13.2 Å². The number of piperidine rings is 1. The normalized spacial score (nSPS) is 16.1. The number of nitrogens with two attached hydrogens (primary N) is 1. The first-order chi connectivity index (χ1) is 13.3. The Morgan fingerprint density at radius 2 is 1.79 bits per heavy atom. The van der Waals surface area contributed by atoms with Gasteiger partial charge in [-0.15, -0.1) is 0 Å². The van der Waals surface area contributed by atoms with Crippen molar-refractivity contribution >= 4 is 15.9 Å². The van der Waals surface area contributed by atoms with Gasteiger partial charge in [0.05, 0.1) is 11.3 Å². The number of carbonyl (C=O) groups excluding carboxylic acids is 1. The van der Waals surface area contributed by atoms with Gasteiger partial charge in [-0.05, 0) is 43.0 Å². The second-order valence-corrected chi connectivity index (χ2v) is 9.03. The van der Waals surface area contributed by atoms with Crippen molar-refractivity contribution in [1.82, 2.24) is 10.2 Å². The fourth-order valence-electron chi connectivity index (χ4n) is 3.57. The number of carbonyl (C=O) groups is 1. The van der Waals surface area contributed by atoms with Crippen LogP contribution in [0.3, 0.4) is 0 Å². The van der Waals surface area contributed by atoms with E-state index in [9.17, 15) is 13.2 Å². The highest BCUT2D eigenvalue weighted by Crippen LogP contribution is 2.15. The lowest BCUT2D eigenvalue weighted by Gasteiger charge is -2.32. The van der Waals surface area contributed by atoms with Gasteiger partial charge in [-0.1, -0.05) is 42.0 Å². The zero-order valence-corrected chi connectivity index (χ0v) is 16.9. The molecule has 1 aliphatic rings. The Bertz CT molecular complexity index is 918. The van der Waals surface area contributed by atoms with E-state index in [0.717, 1.165) is 38.0 Å². The van der Waals surface area contributed by atoms with Crippen molar-refractivity contribution in [3.8, 4) is 0 Å². The second-order valence-electron chi connectivity index (χ2n) is 7.47. The summed E-state index contributed by atoms with van der Waals surface area (Å²) in [4.78, 5) is 14.8. The van der Waals surface area contributed by atoms with E-state index in [1.54, 1.807) is 12.1 Å². The van der Waals surface area contributed by atoms with Gasteiger partial charge < -0.3 is 5.32 Å². The van der Waals surface area contributed by atoms with Crippen LogP contribution in [0.2, 0.25) is 0 Å². The van der Waals surface area contributed by atoms with Gasteiger partial charge in [-0.3, -0.25) is 9.69 Å². The van der Waals surface area contributed by atoms with Gasteiger partial charge >= 0.3 is 0 Å². The molecule has 0 unspecified atom stereocenters. The van der Waals surface area contributed by atoms with E-state index in [1.807, 2.05) is 0 Å². The number of amides is 1. The monoisotopic (exact) mass is 401 g/mol. The zero-order valence-electron chi connectivity index (χ0n) is 16.1. The van der Waals surface area contributed by atoms with Gasteiger partial charge in [-0.2, -0.15) is 0 Å². The summed E-state index contributed by atoms with van der Waals surface area (Å²) in [7, 11) is -3.71. The van der Waals surface area contributed by atoms with Crippen LogP contribution in [-0.4, -0.2) is 38.4 Å². The summed E-state index contributed by atoms with van der Waals surface area (Å²) in [5, 5.41) is 8.19. The largest absolute Gasteiger partial charge is 0.353 e. The maximum Gasteiger partial charge on any atom is 0.238 e. The van der Waals surface area contributed by atoms with Crippen LogP contribution >= 0.6 is 0 Å². The number of rotatable bonds is 6. The summed E-state index contributed by atoms with van der Waals surface area (Å²) in [6.45, 7) is 4.97. The fourth-order valence-corrected chi connectivity index (χ4v) is 4.08. The minimum atomic E-state index is -3.71. The molecule has 3 N–H and O–H groups in total. The van der Waals surface area contributed by atoms with E-state index >= 15 is 0 Å². The van der Waals surface area contributed by atoms with Gasteiger partial charge in [0, 0.05) is 25.7 Å². The highest BCUT2D eigenvalue weighted by molar-refractivity contribution is 7.89. The van der Waals surface area contributed by atoms with Crippen LogP contribution in [-0.2, 0) is 27.8 Å². The summed E-state index contributed by atoms with van der Waals surface area (Å²) < 4.78 is 22.6. The van der Waals surface area contributed by atoms with Gasteiger partial charge in [-0.25, -0.2) is 13.6 Å². The average molecular weight is 402 g/mol. The molecule has 0 aliphatic carbocycles. The number of aryl methyl sites for hydroxylation is 1. The molecule has 7 heteroatoms. The minimum Gasteiger partial charge on any atom is -0.353 e. The van der Waals surface area contributed by atoms with E-state index in [2.05, 4.69) is 41.4 Å². The molecule has 1 aliphatic heterocycles. The van der Waals surface area contributed by atoms with Crippen molar-refractivity contribution in [3.63, 3.8) is 0 Å². The molecule has 0 atom stereocenters. The first kappa shape index (κ1) is 20.5. The first-order valence-electron chi connectivity index (χ1n) is 9.48. The molecular weight excluding hydrogens is 374 g/mol. The molecule has 0 radical (unpaired) electrons. The number of benzene rings is 2. The van der Waals surface area contributed by atoms with E-state index in [1.165, 1.54) is 23.3 Å². The van der Waals surface area contributed by atoms with Crippen LogP contribution in [0.15, 0.2) is 53.4 Å². The van der Waals surface area contributed by atoms with Crippen LogP contribution in [0.1, 0.15) is 29.5 Å². The lowest BCUT2D eigenvalue weighted by Crippen LogP contribution is -2.44. The summed E-state index contributed by atoms with van der Waals surface area (Å²) in [6.07, 6.45) is 2.10. The smallest absolute Gasteiger partial charge is 0.238 e. The van der Waals surface area contributed by atoms with Crippen molar-refractivity contribution in [2.75, 3.05) is 13.1 Å². The SMILES string of the molecule is Cc1cccc(CN2CCC(NC(=O)Cc3ccc(S(N)(=O)=O)cc3)CC2)c1. The Balaban J connectivity index is 1.44. The Morgan fingerprint density at radius 1 is 1.11 bits per heavy atom. The number of primary sulfonamides is 1.